The van der Waals surface area contributed by atoms with Crippen LogP contribution < -0.4 is 14.9 Å². The fourth-order valence-corrected chi connectivity index (χ4v) is 2.76. The van der Waals surface area contributed by atoms with Crippen molar-refractivity contribution >= 4 is 22.0 Å². The van der Waals surface area contributed by atoms with E-state index in [4.69, 9.17) is 13.9 Å². The average molecular weight is 322 g/mol. The zero-order chi connectivity index (χ0) is 16.7. The van der Waals surface area contributed by atoms with Gasteiger partial charge < -0.3 is 18.9 Å². The van der Waals surface area contributed by atoms with Crippen LogP contribution in [0.15, 0.2) is 51.9 Å². The van der Waals surface area contributed by atoms with Crippen LogP contribution in [-0.2, 0) is 0 Å². The fraction of sp³-hybridized carbons (Fsp3) is 0.111. The van der Waals surface area contributed by atoms with Crippen molar-refractivity contribution in [2.75, 3.05) is 14.2 Å². The molecule has 2 aromatic carbocycles. The van der Waals surface area contributed by atoms with Crippen molar-refractivity contribution in [2.45, 2.75) is 0 Å². The number of aromatic amines is 1. The van der Waals surface area contributed by atoms with Crippen molar-refractivity contribution in [2.24, 2.45) is 0 Å². The number of H-pyrrole nitrogens is 1. The molecule has 6 nitrogen and oxygen atoms in total. The molecule has 24 heavy (non-hydrogen) atoms. The molecule has 0 spiro atoms. The van der Waals surface area contributed by atoms with Gasteiger partial charge in [-0.1, -0.05) is 0 Å². The summed E-state index contributed by atoms with van der Waals surface area (Å²) in [5.41, 5.74) is 2.71. The first-order chi connectivity index (χ1) is 11.7. The zero-order valence-electron chi connectivity index (χ0n) is 13.1. The summed E-state index contributed by atoms with van der Waals surface area (Å²) in [5.74, 6) is 1.36. The molecular formula is C18H14N2O4. The Bertz CT molecular complexity index is 1110. The maximum atomic E-state index is 12.5. The lowest BCUT2D eigenvalue weighted by molar-refractivity contribution is 0.353. The highest BCUT2D eigenvalue weighted by molar-refractivity contribution is 5.87. The normalized spacial score (nSPS) is 11.1. The summed E-state index contributed by atoms with van der Waals surface area (Å²) >= 11 is 0. The zero-order valence-corrected chi connectivity index (χ0v) is 13.1. The molecule has 0 saturated carbocycles. The molecule has 0 aliphatic heterocycles. The van der Waals surface area contributed by atoms with E-state index in [0.29, 0.717) is 28.2 Å². The standard InChI is InChI=1S/C18H14N2O4/c1-22-15-6-4-11-14(21)8-16(24-17(11)18(15)23-2)10-3-5-12-13(7-10)20-9-19-12/h3-9H,1-2H3,(H,19,20). The van der Waals surface area contributed by atoms with Crippen LogP contribution in [0.2, 0.25) is 0 Å². The van der Waals surface area contributed by atoms with Crippen molar-refractivity contribution in [1.29, 1.82) is 0 Å². The van der Waals surface area contributed by atoms with Crippen molar-refractivity contribution in [1.82, 2.24) is 9.97 Å². The van der Waals surface area contributed by atoms with Gasteiger partial charge in [0.25, 0.3) is 0 Å². The van der Waals surface area contributed by atoms with Crippen LogP contribution in [0.4, 0.5) is 0 Å². The molecule has 1 N–H and O–H groups in total. The van der Waals surface area contributed by atoms with E-state index in [1.165, 1.54) is 20.3 Å². The molecule has 0 atom stereocenters. The van der Waals surface area contributed by atoms with E-state index in [1.54, 1.807) is 18.5 Å². The molecule has 4 aromatic rings. The highest BCUT2D eigenvalue weighted by Gasteiger charge is 2.15. The number of rotatable bonds is 3. The van der Waals surface area contributed by atoms with Crippen LogP contribution in [0.3, 0.4) is 0 Å². The number of imidazole rings is 1. The maximum Gasteiger partial charge on any atom is 0.204 e. The van der Waals surface area contributed by atoms with Crippen molar-refractivity contribution in [3.63, 3.8) is 0 Å². The lowest BCUT2D eigenvalue weighted by atomic mass is 10.1. The molecule has 2 heterocycles. The number of benzene rings is 2. The molecule has 0 amide bonds. The number of hydrogen-bond donors (Lipinski definition) is 1. The first-order valence-corrected chi connectivity index (χ1v) is 7.33. The van der Waals surface area contributed by atoms with Gasteiger partial charge in [0, 0.05) is 11.6 Å². The van der Waals surface area contributed by atoms with Gasteiger partial charge in [-0.15, -0.1) is 0 Å². The third kappa shape index (κ3) is 2.11. The van der Waals surface area contributed by atoms with Gasteiger partial charge in [-0.05, 0) is 30.3 Å². The quantitative estimate of drug-likeness (QED) is 0.626. The number of aromatic nitrogens is 2. The summed E-state index contributed by atoms with van der Waals surface area (Å²) in [7, 11) is 3.05. The molecule has 0 bridgehead atoms. The SMILES string of the molecule is COc1ccc2c(=O)cc(-c3ccc4nc[nH]c4c3)oc2c1OC. The first kappa shape index (κ1) is 14.3. The molecule has 6 heteroatoms. The van der Waals surface area contributed by atoms with E-state index in [2.05, 4.69) is 9.97 Å². The highest BCUT2D eigenvalue weighted by Crippen LogP contribution is 2.36. The van der Waals surface area contributed by atoms with Gasteiger partial charge in [-0.2, -0.15) is 0 Å². The monoisotopic (exact) mass is 322 g/mol. The lowest BCUT2D eigenvalue weighted by Gasteiger charge is -2.10. The van der Waals surface area contributed by atoms with Gasteiger partial charge in [0.2, 0.25) is 5.75 Å². The summed E-state index contributed by atoms with van der Waals surface area (Å²) in [5, 5.41) is 0.444. The molecule has 0 radical (unpaired) electrons. The minimum Gasteiger partial charge on any atom is -0.493 e. The summed E-state index contributed by atoms with van der Waals surface area (Å²) in [6, 6.07) is 10.5. The van der Waals surface area contributed by atoms with Crippen molar-refractivity contribution < 1.29 is 13.9 Å². The third-order valence-corrected chi connectivity index (χ3v) is 3.94. The van der Waals surface area contributed by atoms with Crippen LogP contribution in [-0.4, -0.2) is 24.2 Å². The Morgan fingerprint density at radius 3 is 2.75 bits per heavy atom. The van der Waals surface area contributed by atoms with Gasteiger partial charge in [-0.3, -0.25) is 4.79 Å². The topological polar surface area (TPSA) is 77.4 Å². The predicted molar refractivity (Wildman–Crippen MR) is 90.7 cm³/mol. The van der Waals surface area contributed by atoms with Gasteiger partial charge >= 0.3 is 0 Å². The highest BCUT2D eigenvalue weighted by atomic mass is 16.5. The Morgan fingerprint density at radius 1 is 1.08 bits per heavy atom. The number of nitrogens with one attached hydrogen (secondary N) is 1. The van der Waals surface area contributed by atoms with E-state index in [0.717, 1.165) is 16.6 Å². The molecule has 0 saturated heterocycles. The van der Waals surface area contributed by atoms with E-state index in [9.17, 15) is 4.79 Å². The fourth-order valence-electron chi connectivity index (χ4n) is 2.76. The second-order valence-electron chi connectivity index (χ2n) is 5.29. The molecule has 4 rings (SSSR count). The smallest absolute Gasteiger partial charge is 0.204 e. The van der Waals surface area contributed by atoms with Crippen molar-refractivity contribution in [3.05, 3.63) is 52.9 Å². The number of ether oxygens (including phenoxy) is 2. The molecule has 2 aromatic heterocycles. The van der Waals surface area contributed by atoms with E-state index >= 15 is 0 Å². The molecule has 0 unspecified atom stereocenters. The minimum absolute atomic E-state index is 0.142. The summed E-state index contributed by atoms with van der Waals surface area (Å²) < 4.78 is 16.6. The Hall–Kier alpha value is -3.28. The van der Waals surface area contributed by atoms with E-state index in [-0.39, 0.29) is 5.43 Å². The van der Waals surface area contributed by atoms with Crippen LogP contribution in [0.5, 0.6) is 11.5 Å². The summed E-state index contributed by atoms with van der Waals surface area (Å²) in [6.07, 6.45) is 1.62. The van der Waals surface area contributed by atoms with Gasteiger partial charge in [-0.25, -0.2) is 4.98 Å². The first-order valence-electron chi connectivity index (χ1n) is 7.33. The Labute approximate surface area is 136 Å². The van der Waals surface area contributed by atoms with Gasteiger partial charge in [0.05, 0.1) is 37.0 Å². The predicted octanol–water partition coefficient (Wildman–Crippen LogP) is 3.35. The number of fused-ring (bicyclic) bond motifs is 2. The maximum absolute atomic E-state index is 12.5. The Morgan fingerprint density at radius 2 is 1.96 bits per heavy atom. The Balaban J connectivity index is 2.00. The lowest BCUT2D eigenvalue weighted by Crippen LogP contribution is -2.02. The molecule has 0 aliphatic rings. The number of nitrogens with zero attached hydrogens (tertiary/aromatic N) is 1. The molecular weight excluding hydrogens is 308 g/mol. The average Bonchev–Trinajstić information content (AvgIpc) is 3.08. The van der Waals surface area contributed by atoms with Crippen LogP contribution in [0.1, 0.15) is 0 Å². The second-order valence-corrected chi connectivity index (χ2v) is 5.29. The van der Waals surface area contributed by atoms with Crippen LogP contribution in [0.25, 0.3) is 33.3 Å². The van der Waals surface area contributed by atoms with E-state index < -0.39 is 0 Å². The summed E-state index contributed by atoms with van der Waals surface area (Å²) in [4.78, 5) is 19.7. The number of methoxy groups -OCH3 is 2. The Kier molecular flexibility index (Phi) is 3.23. The van der Waals surface area contributed by atoms with Crippen LogP contribution in [0, 0.1) is 0 Å². The second kappa shape index (κ2) is 5.42. The minimum atomic E-state index is -0.142. The largest absolute Gasteiger partial charge is 0.493 e. The summed E-state index contributed by atoms with van der Waals surface area (Å²) in [6.45, 7) is 0. The molecule has 0 fully saturated rings. The molecule has 0 aliphatic carbocycles. The van der Waals surface area contributed by atoms with Crippen LogP contribution >= 0.6 is 0 Å². The van der Waals surface area contributed by atoms with E-state index in [1.807, 2.05) is 18.2 Å². The van der Waals surface area contributed by atoms with Gasteiger partial charge in [0.15, 0.2) is 16.8 Å². The van der Waals surface area contributed by atoms with Crippen molar-refractivity contribution in [3.8, 4) is 22.8 Å². The number of hydrogen-bond acceptors (Lipinski definition) is 5. The third-order valence-electron chi connectivity index (χ3n) is 3.94. The van der Waals surface area contributed by atoms with Gasteiger partial charge in [0.1, 0.15) is 5.76 Å². The molecule has 120 valence electrons.